The Kier molecular flexibility index (Phi) is 16.7. The highest BCUT2D eigenvalue weighted by Crippen LogP contribution is 2.68. The van der Waals surface area contributed by atoms with Gasteiger partial charge in [0.2, 0.25) is 0 Å². The smallest absolute Gasteiger partial charge is 0.333 e. The van der Waals surface area contributed by atoms with Crippen LogP contribution in [0.3, 0.4) is 0 Å². The molecule has 17 unspecified atom stereocenters. The Morgan fingerprint density at radius 3 is 1.71 bits per heavy atom. The minimum atomic E-state index is -1.14. The van der Waals surface area contributed by atoms with E-state index in [2.05, 4.69) is 13.0 Å². The number of Topliss-reactive ketones (excluding diaryl/α,β-unsaturated/α-hetero) is 1. The second kappa shape index (κ2) is 21.5. The highest BCUT2D eigenvalue weighted by Gasteiger charge is 2.71. The number of rotatable bonds is 14. The molecule has 0 spiro atoms. The molecule has 2 N–H and O–H groups in total. The molecule has 4 saturated heterocycles. The summed E-state index contributed by atoms with van der Waals surface area (Å²) in [5, 5.41) is 23.0. The minimum Gasteiger partial charge on any atom is -0.458 e. The maximum Gasteiger partial charge on any atom is 0.333 e. The first-order chi connectivity index (χ1) is 32.8. The number of esters is 1. The number of fused-ring (bicyclic) bond motifs is 5. The van der Waals surface area contributed by atoms with Gasteiger partial charge in [-0.3, -0.25) is 4.79 Å². The van der Waals surface area contributed by atoms with E-state index in [4.69, 9.17) is 56.8 Å². The molecule has 0 radical (unpaired) electrons. The number of hydrogen-bond donors (Lipinski definition) is 2. The molecule has 4 aliphatic carbocycles. The predicted octanol–water partition coefficient (Wildman–Crippen LogP) is 6.63. The Bertz CT molecular complexity index is 1860. The van der Waals surface area contributed by atoms with Crippen molar-refractivity contribution >= 4 is 11.8 Å². The minimum absolute atomic E-state index is 0.0444. The summed E-state index contributed by atoms with van der Waals surface area (Å²) < 4.78 is 76.1. The fraction of sp³-hybridized carbons (Fsp3) is 0.887. The monoisotopic (exact) mass is 977 g/mol. The van der Waals surface area contributed by atoms with Crippen LogP contribution >= 0.6 is 0 Å². The summed E-state index contributed by atoms with van der Waals surface area (Å²) in [6.45, 7) is 17.2. The molecule has 0 aromatic carbocycles. The Labute approximate surface area is 410 Å². The zero-order valence-corrected chi connectivity index (χ0v) is 43.3. The molecule has 69 heavy (non-hydrogen) atoms. The number of ether oxygens (including phenoxy) is 12. The van der Waals surface area contributed by atoms with E-state index in [1.807, 2.05) is 41.5 Å². The summed E-state index contributed by atoms with van der Waals surface area (Å²) in [5.41, 5.74) is -0.411. The van der Waals surface area contributed by atoms with Crippen LogP contribution < -0.4 is 0 Å². The fourth-order valence-electron chi connectivity index (χ4n) is 14.1. The van der Waals surface area contributed by atoms with Crippen LogP contribution in [0.4, 0.5) is 0 Å². The average Bonchev–Trinajstić information content (AvgIpc) is 3.61. The van der Waals surface area contributed by atoms with E-state index in [1.165, 1.54) is 5.57 Å². The number of ketones is 1. The Morgan fingerprint density at radius 2 is 1.20 bits per heavy atom. The molecule has 4 aliphatic heterocycles. The number of carbonyl (C=O) groups is 2. The second-order valence-corrected chi connectivity index (χ2v) is 22.2. The van der Waals surface area contributed by atoms with E-state index < -0.39 is 66.7 Å². The van der Waals surface area contributed by atoms with Gasteiger partial charge >= 0.3 is 5.97 Å². The second-order valence-electron chi connectivity index (χ2n) is 22.2. The highest BCUT2D eigenvalue weighted by molar-refractivity contribution is 5.88. The molecule has 3 saturated carbocycles. The van der Waals surface area contributed by atoms with Crippen LogP contribution in [0.2, 0.25) is 0 Å². The molecule has 16 heteroatoms. The molecule has 8 rings (SSSR count). The Balaban J connectivity index is 0.859. The van der Waals surface area contributed by atoms with Gasteiger partial charge in [-0.25, -0.2) is 4.79 Å². The van der Waals surface area contributed by atoms with Crippen molar-refractivity contribution in [1.82, 2.24) is 0 Å². The summed E-state index contributed by atoms with van der Waals surface area (Å²) in [5.74, 6) is -0.702. The number of carbonyl (C=O) groups excluding carboxylic acids is 2. The van der Waals surface area contributed by atoms with Crippen molar-refractivity contribution in [3.05, 3.63) is 23.3 Å². The van der Waals surface area contributed by atoms with Crippen LogP contribution in [0.15, 0.2) is 23.3 Å². The van der Waals surface area contributed by atoms with E-state index in [0.717, 1.165) is 19.3 Å². The third-order valence-corrected chi connectivity index (χ3v) is 18.5. The van der Waals surface area contributed by atoms with Crippen LogP contribution in [0.1, 0.15) is 139 Å². The van der Waals surface area contributed by atoms with Gasteiger partial charge in [-0.05, 0) is 117 Å². The largest absolute Gasteiger partial charge is 0.458 e. The van der Waals surface area contributed by atoms with Gasteiger partial charge in [0, 0.05) is 63.9 Å². The van der Waals surface area contributed by atoms with Crippen molar-refractivity contribution in [3.63, 3.8) is 0 Å². The maximum absolute atomic E-state index is 13.3. The topological polar surface area (TPSA) is 185 Å². The quantitative estimate of drug-likeness (QED) is 0.107. The van der Waals surface area contributed by atoms with Gasteiger partial charge in [-0.2, -0.15) is 0 Å². The first-order valence-corrected chi connectivity index (χ1v) is 26.0. The number of hydrogen-bond acceptors (Lipinski definition) is 16. The number of methoxy groups -OCH3 is 3. The number of allylic oxidation sites excluding steroid dienone is 2. The average molecular weight is 977 g/mol. The van der Waals surface area contributed by atoms with Gasteiger partial charge in [0.05, 0.1) is 60.5 Å². The lowest BCUT2D eigenvalue weighted by Crippen LogP contribution is -2.66. The van der Waals surface area contributed by atoms with E-state index >= 15 is 0 Å². The van der Waals surface area contributed by atoms with Crippen LogP contribution in [0.25, 0.3) is 0 Å². The first-order valence-electron chi connectivity index (χ1n) is 26.0. The molecule has 0 aromatic rings. The molecular weight excluding hydrogens is 893 g/mol. The van der Waals surface area contributed by atoms with Gasteiger partial charge in [0.25, 0.3) is 0 Å². The molecule has 0 aromatic heterocycles. The Hall–Kier alpha value is -1.90. The van der Waals surface area contributed by atoms with Gasteiger partial charge in [-0.1, -0.05) is 31.6 Å². The van der Waals surface area contributed by atoms with Crippen molar-refractivity contribution < 1.29 is 76.6 Å². The van der Waals surface area contributed by atoms with Crippen LogP contribution in [-0.2, 0) is 66.4 Å². The molecule has 23 atom stereocenters. The lowest BCUT2D eigenvalue weighted by Gasteiger charge is -2.63. The predicted molar refractivity (Wildman–Crippen MR) is 250 cm³/mol. The van der Waals surface area contributed by atoms with Crippen molar-refractivity contribution in [2.24, 2.45) is 28.6 Å². The zero-order chi connectivity index (χ0) is 49.7. The van der Waals surface area contributed by atoms with Gasteiger partial charge in [-0.15, -0.1) is 0 Å². The fourth-order valence-corrected chi connectivity index (χ4v) is 14.1. The van der Waals surface area contributed by atoms with Gasteiger partial charge in [0.1, 0.15) is 30.2 Å². The summed E-state index contributed by atoms with van der Waals surface area (Å²) in [6.07, 6.45) is 4.42. The standard InChI is InChI=1S/C53H84O16/c1-13-27(2)50(56)66-42-23-37-36(53(57)21-19-35(28(3)54)52(42,53)9)15-14-33-22-34(18-20-51(33,37)8)65-44-24-39(58-10)48(31(6)62-44)68-46-26-41(60-12)49(32(7)64-46)69-45-25-40(59-11)47(30(5)63-45)67-43-17-16-38(55)29(4)61-43/h13-14,29-32,34-49,55,57H,15-26H2,1-12H3/b27-13+/t29?,30?,31?,32?,34-,35+,36?,37?,38?,39?,40?,41?,42+,43?,44?,45?,46?,47?,48?,49?,51-,52-,53-/m0/s1. The molecule has 16 nitrogen and oxygen atoms in total. The summed E-state index contributed by atoms with van der Waals surface area (Å²) in [7, 11) is 5.02. The van der Waals surface area contributed by atoms with E-state index in [0.29, 0.717) is 63.4 Å². The third kappa shape index (κ3) is 10.2. The molecule has 8 aliphatic rings. The molecular formula is C53H84O16. The van der Waals surface area contributed by atoms with E-state index in [1.54, 1.807) is 41.3 Å². The zero-order valence-electron chi connectivity index (χ0n) is 43.3. The molecule has 0 bridgehead atoms. The van der Waals surface area contributed by atoms with Crippen LogP contribution in [0, 0.1) is 28.6 Å². The third-order valence-electron chi connectivity index (χ3n) is 18.5. The normalized spacial score (nSPS) is 49.2. The van der Waals surface area contributed by atoms with Crippen LogP contribution in [0.5, 0.6) is 0 Å². The highest BCUT2D eigenvalue weighted by atomic mass is 16.8. The lowest BCUT2D eigenvalue weighted by molar-refractivity contribution is -0.345. The molecule has 392 valence electrons. The van der Waals surface area contributed by atoms with E-state index in [-0.39, 0.29) is 83.8 Å². The Morgan fingerprint density at radius 1 is 0.681 bits per heavy atom. The summed E-state index contributed by atoms with van der Waals surface area (Å²) in [4.78, 5) is 26.5. The van der Waals surface area contributed by atoms with Gasteiger partial charge in [0.15, 0.2) is 25.2 Å². The van der Waals surface area contributed by atoms with E-state index in [9.17, 15) is 19.8 Å². The molecule has 7 fully saturated rings. The molecule has 0 amide bonds. The lowest BCUT2D eigenvalue weighted by atomic mass is 9.45. The maximum atomic E-state index is 13.3. The van der Waals surface area contributed by atoms with Crippen molar-refractivity contribution in [2.75, 3.05) is 21.3 Å². The van der Waals surface area contributed by atoms with Crippen molar-refractivity contribution in [1.29, 1.82) is 0 Å². The van der Waals surface area contributed by atoms with Gasteiger partial charge < -0.3 is 67.1 Å². The SMILES string of the molecule is C/C=C(\C)C(=O)O[C@@H]1CC2C(CC=C3C[C@@H](OC4CC(OC)C(OC5CC(OC)C(OC6CC(OC)C(OC7CCC(O)C(C)O7)C(C)O6)C(C)O5)C(C)O4)CC[C@@]32C)[C@@]2(O)CC[C@H](C(C)=O)[C@@]12C. The first kappa shape index (κ1) is 53.4. The van der Waals surface area contributed by atoms with Crippen molar-refractivity contribution in [3.8, 4) is 0 Å². The van der Waals surface area contributed by atoms with Crippen LogP contribution in [-0.4, -0.2) is 153 Å². The summed E-state index contributed by atoms with van der Waals surface area (Å²) >= 11 is 0. The number of aliphatic hydroxyl groups is 2. The molecule has 4 heterocycles. The van der Waals surface area contributed by atoms with Crippen molar-refractivity contribution in [2.45, 2.75) is 249 Å². The summed E-state index contributed by atoms with van der Waals surface area (Å²) in [6, 6.07) is 0. The number of aliphatic hydroxyl groups excluding tert-OH is 1.